The van der Waals surface area contributed by atoms with Gasteiger partial charge in [0, 0.05) is 18.1 Å². The minimum atomic E-state index is 0.153. The largest absolute Gasteiger partial charge is 0.336 e. The molecule has 0 aliphatic heterocycles. The molecule has 2 rings (SSSR count). The smallest absolute Gasteiger partial charge is 0.318 e. The Balaban J connectivity index is 1.90. The maximum atomic E-state index is 11.7. The molecule has 2 saturated carbocycles. The second-order valence-corrected chi connectivity index (χ2v) is 4.47. The quantitative estimate of drug-likeness (QED) is 0.708. The zero-order chi connectivity index (χ0) is 9.42. The van der Waals surface area contributed by atoms with Gasteiger partial charge >= 0.3 is 6.03 Å². The van der Waals surface area contributed by atoms with Crippen LogP contribution >= 0.6 is 0 Å². The van der Waals surface area contributed by atoms with E-state index in [9.17, 15) is 4.79 Å². The van der Waals surface area contributed by atoms with Gasteiger partial charge in [-0.2, -0.15) is 0 Å². The number of nitrogens with zero attached hydrogens (tertiary/aromatic N) is 1. The molecule has 0 aromatic carbocycles. The first kappa shape index (κ1) is 8.85. The zero-order valence-electron chi connectivity index (χ0n) is 8.42. The van der Waals surface area contributed by atoms with Gasteiger partial charge in [-0.15, -0.1) is 0 Å². The third-order valence-corrected chi connectivity index (χ3v) is 2.53. The highest BCUT2D eigenvalue weighted by Crippen LogP contribution is 2.37. The van der Waals surface area contributed by atoms with Gasteiger partial charge in [0.25, 0.3) is 0 Å². The summed E-state index contributed by atoms with van der Waals surface area (Å²) in [6, 6.07) is 1.53. The monoisotopic (exact) mass is 182 g/mol. The van der Waals surface area contributed by atoms with E-state index in [0.29, 0.717) is 12.1 Å². The van der Waals surface area contributed by atoms with E-state index in [2.05, 4.69) is 10.2 Å². The number of urea groups is 1. The molecule has 3 nitrogen and oxygen atoms in total. The molecule has 0 aromatic rings. The maximum absolute atomic E-state index is 11.7. The van der Waals surface area contributed by atoms with Crippen LogP contribution in [-0.4, -0.2) is 29.1 Å². The molecule has 0 atom stereocenters. The van der Waals surface area contributed by atoms with E-state index in [-0.39, 0.29) is 12.1 Å². The predicted molar refractivity (Wildman–Crippen MR) is 51.6 cm³/mol. The van der Waals surface area contributed by atoms with Crippen molar-refractivity contribution in [2.75, 3.05) is 0 Å². The van der Waals surface area contributed by atoms with E-state index in [0.717, 1.165) is 0 Å². The van der Waals surface area contributed by atoms with Crippen LogP contribution in [0.4, 0.5) is 4.79 Å². The minimum Gasteiger partial charge on any atom is -0.336 e. The first-order valence-electron chi connectivity index (χ1n) is 5.27. The van der Waals surface area contributed by atoms with Gasteiger partial charge < -0.3 is 10.2 Å². The van der Waals surface area contributed by atoms with Crippen molar-refractivity contribution in [3.05, 3.63) is 0 Å². The molecule has 0 spiro atoms. The molecule has 0 bridgehead atoms. The molecule has 0 aromatic heterocycles. The molecule has 0 saturated heterocycles. The van der Waals surface area contributed by atoms with Gasteiger partial charge in [0.2, 0.25) is 0 Å². The van der Waals surface area contributed by atoms with E-state index < -0.39 is 0 Å². The molecule has 3 heteroatoms. The number of nitrogens with one attached hydrogen (secondary N) is 1. The summed E-state index contributed by atoms with van der Waals surface area (Å²) in [6.45, 7) is 4.02. The number of rotatable bonds is 3. The van der Waals surface area contributed by atoms with Crippen LogP contribution in [-0.2, 0) is 0 Å². The maximum Gasteiger partial charge on any atom is 0.318 e. The standard InChI is InChI=1S/C10H18N2O/c1-7(2)11-10(13)12(8-3-4-8)9-5-6-9/h7-9H,3-6H2,1-2H3,(H,11,13). The Hall–Kier alpha value is -0.730. The van der Waals surface area contributed by atoms with Gasteiger partial charge in [-0.1, -0.05) is 0 Å². The van der Waals surface area contributed by atoms with Crippen LogP contribution < -0.4 is 5.32 Å². The molecule has 2 aliphatic rings. The van der Waals surface area contributed by atoms with Crippen LogP contribution in [0.15, 0.2) is 0 Å². The molecule has 13 heavy (non-hydrogen) atoms. The Labute approximate surface area is 79.5 Å². The molecule has 2 fully saturated rings. The van der Waals surface area contributed by atoms with Gasteiger partial charge in [0.05, 0.1) is 0 Å². The fraction of sp³-hybridized carbons (Fsp3) is 0.900. The molecule has 2 amide bonds. The second kappa shape index (κ2) is 3.20. The molecule has 0 unspecified atom stereocenters. The van der Waals surface area contributed by atoms with E-state index in [4.69, 9.17) is 0 Å². The second-order valence-electron chi connectivity index (χ2n) is 4.47. The molecule has 2 aliphatic carbocycles. The summed E-state index contributed by atoms with van der Waals surface area (Å²) < 4.78 is 0. The predicted octanol–water partition coefficient (Wildman–Crippen LogP) is 1.73. The van der Waals surface area contributed by atoms with Gasteiger partial charge in [-0.05, 0) is 39.5 Å². The van der Waals surface area contributed by atoms with Crippen molar-refractivity contribution in [3.63, 3.8) is 0 Å². The third kappa shape index (κ3) is 2.14. The van der Waals surface area contributed by atoms with Gasteiger partial charge in [-0.25, -0.2) is 4.79 Å². The Kier molecular flexibility index (Phi) is 2.18. The van der Waals surface area contributed by atoms with Crippen molar-refractivity contribution in [1.82, 2.24) is 10.2 Å². The van der Waals surface area contributed by atoms with Crippen molar-refractivity contribution in [2.45, 2.75) is 57.7 Å². The average molecular weight is 182 g/mol. The van der Waals surface area contributed by atoms with Crippen LogP contribution in [0.25, 0.3) is 0 Å². The lowest BCUT2D eigenvalue weighted by Gasteiger charge is -2.23. The van der Waals surface area contributed by atoms with E-state index in [1.807, 2.05) is 13.8 Å². The van der Waals surface area contributed by atoms with Gasteiger partial charge in [0.15, 0.2) is 0 Å². The normalized spacial score (nSPS) is 21.8. The summed E-state index contributed by atoms with van der Waals surface area (Å²) in [5.74, 6) is 0. The third-order valence-electron chi connectivity index (χ3n) is 2.53. The average Bonchev–Trinajstić information content (AvgIpc) is 2.75. The molecular formula is C10H18N2O. The van der Waals surface area contributed by atoms with E-state index in [1.54, 1.807) is 0 Å². The number of carbonyl (C=O) groups excluding carboxylic acids is 1. The minimum absolute atomic E-state index is 0.153. The Morgan fingerprint density at radius 3 is 2.00 bits per heavy atom. The number of hydrogen-bond donors (Lipinski definition) is 1. The summed E-state index contributed by atoms with van der Waals surface area (Å²) in [6.07, 6.45) is 4.84. The lowest BCUT2D eigenvalue weighted by Crippen LogP contribution is -2.45. The Bertz CT molecular complexity index is 195. The Morgan fingerprint density at radius 1 is 1.23 bits per heavy atom. The lowest BCUT2D eigenvalue weighted by atomic mass is 10.4. The van der Waals surface area contributed by atoms with Crippen molar-refractivity contribution < 1.29 is 4.79 Å². The highest BCUT2D eigenvalue weighted by molar-refractivity contribution is 5.75. The topological polar surface area (TPSA) is 32.3 Å². The molecule has 74 valence electrons. The van der Waals surface area contributed by atoms with Crippen LogP contribution in [0.3, 0.4) is 0 Å². The van der Waals surface area contributed by atoms with Gasteiger partial charge in [-0.3, -0.25) is 0 Å². The summed E-state index contributed by atoms with van der Waals surface area (Å²) >= 11 is 0. The van der Waals surface area contributed by atoms with Crippen molar-refractivity contribution in [1.29, 1.82) is 0 Å². The van der Waals surface area contributed by atoms with Crippen molar-refractivity contribution in [2.24, 2.45) is 0 Å². The van der Waals surface area contributed by atoms with Crippen LogP contribution in [0, 0.1) is 0 Å². The number of carbonyl (C=O) groups is 1. The molecular weight excluding hydrogens is 164 g/mol. The highest BCUT2D eigenvalue weighted by Gasteiger charge is 2.42. The van der Waals surface area contributed by atoms with Crippen molar-refractivity contribution in [3.8, 4) is 0 Å². The van der Waals surface area contributed by atoms with Crippen LogP contribution in [0.1, 0.15) is 39.5 Å². The van der Waals surface area contributed by atoms with Crippen molar-refractivity contribution >= 4 is 6.03 Å². The van der Waals surface area contributed by atoms with E-state index in [1.165, 1.54) is 25.7 Å². The Morgan fingerprint density at radius 2 is 1.69 bits per heavy atom. The summed E-state index contributed by atoms with van der Waals surface area (Å²) in [7, 11) is 0. The number of amides is 2. The zero-order valence-corrected chi connectivity index (χ0v) is 8.42. The first-order valence-corrected chi connectivity index (χ1v) is 5.27. The highest BCUT2D eigenvalue weighted by atomic mass is 16.2. The molecule has 1 N–H and O–H groups in total. The van der Waals surface area contributed by atoms with E-state index >= 15 is 0 Å². The first-order chi connectivity index (χ1) is 6.18. The SMILES string of the molecule is CC(C)NC(=O)N(C1CC1)C1CC1. The molecule has 0 heterocycles. The lowest BCUT2D eigenvalue weighted by molar-refractivity contribution is 0.189. The van der Waals surface area contributed by atoms with Crippen LogP contribution in [0.2, 0.25) is 0 Å². The summed E-state index contributed by atoms with van der Waals surface area (Å²) in [4.78, 5) is 13.8. The fourth-order valence-electron chi connectivity index (χ4n) is 1.66. The summed E-state index contributed by atoms with van der Waals surface area (Å²) in [5.41, 5.74) is 0. The van der Waals surface area contributed by atoms with Gasteiger partial charge in [0.1, 0.15) is 0 Å². The van der Waals surface area contributed by atoms with Crippen LogP contribution in [0.5, 0.6) is 0 Å². The summed E-state index contributed by atoms with van der Waals surface area (Å²) in [5, 5.41) is 2.97. The number of hydrogen-bond acceptors (Lipinski definition) is 1. The molecule has 0 radical (unpaired) electrons. The fourth-order valence-corrected chi connectivity index (χ4v) is 1.66.